The molecule has 0 saturated heterocycles. The van der Waals surface area contributed by atoms with Crippen LogP contribution in [0.5, 0.6) is 11.5 Å². The molecule has 0 aliphatic carbocycles. The molecule has 13 nitrogen and oxygen atoms in total. The van der Waals surface area contributed by atoms with Crippen LogP contribution in [0, 0.1) is 0 Å². The molecule has 332 valence electrons. The van der Waals surface area contributed by atoms with Crippen molar-refractivity contribution in [2.75, 3.05) is 13.1 Å². The Balaban J connectivity index is 2.45. The summed E-state index contributed by atoms with van der Waals surface area (Å²) >= 11 is 0. The Morgan fingerprint density at radius 1 is 0.695 bits per heavy atom. The lowest BCUT2D eigenvalue weighted by Crippen LogP contribution is -2.55. The molecule has 0 radical (unpaired) electrons. The van der Waals surface area contributed by atoms with Crippen molar-refractivity contribution in [2.45, 2.75) is 176 Å². The molecule has 0 saturated carbocycles. The van der Waals surface area contributed by atoms with E-state index in [9.17, 15) is 28.8 Å². The molecule has 0 bridgehead atoms. The monoisotopic (exact) mass is 845 g/mol. The molecular formula is C45H72N3O10P. The van der Waals surface area contributed by atoms with E-state index in [-0.39, 0.29) is 43.1 Å². The van der Waals surface area contributed by atoms with Gasteiger partial charge in [0, 0.05) is 32.4 Å². The molecule has 0 unspecified atom stereocenters. The molecule has 0 fully saturated rings. The maximum Gasteiger partial charge on any atom is 0.531 e. The number of hydrogen-bond acceptors (Lipinski definition) is 10. The number of unbranched alkanes of at least 4 members (excludes halogenated alkanes) is 4. The minimum Gasteiger partial charge on any atom is -0.508 e. The number of benzene rings is 2. The van der Waals surface area contributed by atoms with Gasteiger partial charge >= 0.3 is 13.8 Å². The highest BCUT2D eigenvalue weighted by Gasteiger charge is 2.39. The molecule has 2 atom stereocenters. The summed E-state index contributed by atoms with van der Waals surface area (Å²) in [5, 5.41) is 15.5. The van der Waals surface area contributed by atoms with Crippen molar-refractivity contribution in [1.29, 1.82) is 0 Å². The van der Waals surface area contributed by atoms with Crippen LogP contribution in [0.1, 0.15) is 145 Å². The number of nitrogens with zero attached hydrogens (tertiary/aromatic N) is 1. The first-order valence-corrected chi connectivity index (χ1v) is 22.6. The maximum atomic E-state index is 14.3. The number of phenols is 1. The van der Waals surface area contributed by atoms with Crippen molar-refractivity contribution in [1.82, 2.24) is 15.5 Å². The smallest absolute Gasteiger partial charge is 0.508 e. The lowest BCUT2D eigenvalue weighted by atomic mass is 10.0. The van der Waals surface area contributed by atoms with Crippen molar-refractivity contribution in [3.05, 3.63) is 59.7 Å². The van der Waals surface area contributed by atoms with E-state index in [0.29, 0.717) is 25.1 Å². The molecule has 14 heteroatoms. The highest BCUT2D eigenvalue weighted by atomic mass is 31.2. The predicted octanol–water partition coefficient (Wildman–Crippen LogP) is 8.99. The highest BCUT2D eigenvalue weighted by Crippen LogP contribution is 2.55. The van der Waals surface area contributed by atoms with E-state index >= 15 is 0 Å². The van der Waals surface area contributed by atoms with Crippen LogP contribution in [0.2, 0.25) is 0 Å². The Bertz CT molecular complexity index is 1630. The van der Waals surface area contributed by atoms with Crippen LogP contribution in [0.4, 0.5) is 0 Å². The van der Waals surface area contributed by atoms with E-state index in [2.05, 4.69) is 24.5 Å². The molecule has 0 aromatic heterocycles. The third-order valence-electron chi connectivity index (χ3n) is 8.63. The van der Waals surface area contributed by atoms with Crippen LogP contribution >= 0.6 is 7.82 Å². The van der Waals surface area contributed by atoms with E-state index in [1.54, 1.807) is 116 Å². The van der Waals surface area contributed by atoms with Crippen LogP contribution in [0.3, 0.4) is 0 Å². The first kappa shape index (κ1) is 51.2. The molecule has 0 heterocycles. The minimum atomic E-state index is -4.08. The summed E-state index contributed by atoms with van der Waals surface area (Å²) in [7, 11) is -4.08. The van der Waals surface area contributed by atoms with Crippen LogP contribution in [-0.4, -0.2) is 75.7 Å². The van der Waals surface area contributed by atoms with Gasteiger partial charge in [-0.25, -0.2) is 4.57 Å². The molecule has 0 spiro atoms. The van der Waals surface area contributed by atoms with E-state index < -0.39 is 54.5 Å². The average molecular weight is 846 g/mol. The van der Waals surface area contributed by atoms with Crippen molar-refractivity contribution < 1.29 is 47.2 Å². The molecule has 0 aliphatic rings. The second kappa shape index (κ2) is 23.8. The molecule has 0 aliphatic heterocycles. The standard InChI is InChI=1S/C45H72N3O10P/c1-12-14-16-30-48(31-17-15-13-2)42(53)37(27-29-40(51)55-43(3,4)5)47-41(52)38(46-39(50)28-22-33-18-23-35(49)24-19-33)32-34-20-25-36(26-21-34)56-59(54,57-44(6,7)8)58-45(9,10)11/h18-21,23-26,37-38,49H,12-17,22,27-32H2,1-11H3,(H,46,50)(H,47,52)/t37-,38-/m0/s1. The molecular weight excluding hydrogens is 773 g/mol. The number of phosphoric acid groups is 1. The summed E-state index contributed by atoms with van der Waals surface area (Å²) in [6.07, 6.45) is 5.83. The number of aryl methyl sites for hydroxylation is 1. The number of esters is 1. The normalized spacial score (nSPS) is 13.3. The molecule has 3 N–H and O–H groups in total. The number of phenolic OH excluding ortho intramolecular Hbond substituents is 1. The Morgan fingerprint density at radius 2 is 1.22 bits per heavy atom. The van der Waals surface area contributed by atoms with Gasteiger partial charge in [-0.3, -0.25) is 28.2 Å². The summed E-state index contributed by atoms with van der Waals surface area (Å²) in [6.45, 7) is 21.0. The summed E-state index contributed by atoms with van der Waals surface area (Å²) in [4.78, 5) is 56.7. The number of ether oxygens (including phenoxy) is 1. The second-order valence-electron chi connectivity index (χ2n) is 18.0. The van der Waals surface area contributed by atoms with Gasteiger partial charge < -0.3 is 29.9 Å². The number of carbonyl (C=O) groups excluding carboxylic acids is 4. The van der Waals surface area contributed by atoms with Gasteiger partial charge in [0.25, 0.3) is 0 Å². The second-order valence-corrected chi connectivity index (χ2v) is 19.4. The summed E-state index contributed by atoms with van der Waals surface area (Å²) in [5.41, 5.74) is -0.932. The van der Waals surface area contributed by atoms with Crippen LogP contribution < -0.4 is 15.2 Å². The molecule has 2 aromatic rings. The highest BCUT2D eigenvalue weighted by molar-refractivity contribution is 7.49. The third kappa shape index (κ3) is 21.8. The van der Waals surface area contributed by atoms with E-state index in [1.165, 1.54) is 0 Å². The number of nitrogens with one attached hydrogen (secondary N) is 2. The quantitative estimate of drug-likeness (QED) is 0.0527. The van der Waals surface area contributed by atoms with Gasteiger partial charge in [0.05, 0.1) is 11.2 Å². The lowest BCUT2D eigenvalue weighted by Gasteiger charge is -2.30. The zero-order valence-electron chi connectivity index (χ0n) is 37.5. The molecule has 3 amide bonds. The van der Waals surface area contributed by atoms with Gasteiger partial charge in [0.15, 0.2) is 0 Å². The molecule has 59 heavy (non-hydrogen) atoms. The zero-order valence-corrected chi connectivity index (χ0v) is 38.4. The van der Waals surface area contributed by atoms with Gasteiger partial charge in [-0.05, 0) is 123 Å². The van der Waals surface area contributed by atoms with E-state index in [1.807, 2.05) is 0 Å². The van der Waals surface area contributed by atoms with Gasteiger partial charge in [-0.15, -0.1) is 0 Å². The largest absolute Gasteiger partial charge is 0.531 e. The average Bonchev–Trinajstić information content (AvgIpc) is 3.10. The van der Waals surface area contributed by atoms with Crippen molar-refractivity contribution in [2.24, 2.45) is 0 Å². The van der Waals surface area contributed by atoms with Gasteiger partial charge in [0.1, 0.15) is 29.2 Å². The summed E-state index contributed by atoms with van der Waals surface area (Å²) in [5.74, 6) is -1.43. The van der Waals surface area contributed by atoms with E-state index in [0.717, 1.165) is 44.1 Å². The van der Waals surface area contributed by atoms with Crippen LogP contribution in [-0.2, 0) is 50.4 Å². The fourth-order valence-electron chi connectivity index (χ4n) is 6.02. The number of rotatable bonds is 24. The first-order valence-electron chi connectivity index (χ1n) is 21.1. The fraction of sp³-hybridized carbons (Fsp3) is 0.644. The number of carbonyl (C=O) groups is 4. The number of phosphoric ester groups is 1. The third-order valence-corrected chi connectivity index (χ3v) is 10.6. The van der Waals surface area contributed by atoms with E-state index in [4.69, 9.17) is 18.3 Å². The van der Waals surface area contributed by atoms with Crippen LogP contribution in [0.15, 0.2) is 48.5 Å². The lowest BCUT2D eigenvalue weighted by molar-refractivity contribution is -0.155. The van der Waals surface area contributed by atoms with Crippen molar-refractivity contribution in [3.8, 4) is 11.5 Å². The fourth-order valence-corrected chi connectivity index (χ4v) is 7.85. The molecule has 2 aromatic carbocycles. The summed E-state index contributed by atoms with van der Waals surface area (Å²) < 4.78 is 36.6. The maximum absolute atomic E-state index is 14.3. The Labute approximate surface area is 353 Å². The molecule has 2 rings (SSSR count). The van der Waals surface area contributed by atoms with Gasteiger partial charge in [-0.2, -0.15) is 0 Å². The van der Waals surface area contributed by atoms with Crippen molar-refractivity contribution >= 4 is 31.5 Å². The van der Waals surface area contributed by atoms with Gasteiger partial charge in [-0.1, -0.05) is 63.8 Å². The number of hydrogen-bond donors (Lipinski definition) is 3. The zero-order chi connectivity index (χ0) is 44.4. The first-order chi connectivity index (χ1) is 27.4. The number of aromatic hydroxyl groups is 1. The Morgan fingerprint density at radius 3 is 1.71 bits per heavy atom. The Hall–Kier alpha value is -3.93. The predicted molar refractivity (Wildman–Crippen MR) is 231 cm³/mol. The van der Waals surface area contributed by atoms with Crippen molar-refractivity contribution in [3.63, 3.8) is 0 Å². The minimum absolute atomic E-state index is 0.0123. The topological polar surface area (TPSA) is 170 Å². The number of amides is 3. The van der Waals surface area contributed by atoms with Crippen LogP contribution in [0.25, 0.3) is 0 Å². The Kier molecular flexibility index (Phi) is 20.6. The SMILES string of the molecule is CCCCCN(CCCCC)C(=O)[C@H](CCC(=O)OC(C)(C)C)NC(=O)[C@H](Cc1ccc(OP(=O)(OC(C)(C)C)OC(C)(C)C)cc1)NC(=O)CCc1ccc(O)cc1. The summed E-state index contributed by atoms with van der Waals surface area (Å²) in [6, 6.07) is 10.9. The van der Waals surface area contributed by atoms with Gasteiger partial charge in [0.2, 0.25) is 17.7 Å².